The van der Waals surface area contributed by atoms with Crippen molar-refractivity contribution in [2.24, 2.45) is 5.92 Å². The van der Waals surface area contributed by atoms with Gasteiger partial charge in [-0.3, -0.25) is 4.90 Å². The highest BCUT2D eigenvalue weighted by Gasteiger charge is 2.39. The van der Waals surface area contributed by atoms with Gasteiger partial charge in [0.05, 0.1) is 0 Å². The molecule has 1 rings (SSSR count). The van der Waals surface area contributed by atoms with Gasteiger partial charge in [-0.2, -0.15) is 0 Å². The van der Waals surface area contributed by atoms with Crippen LogP contribution in [0.2, 0.25) is 0 Å². The average Bonchev–Trinajstić information content (AvgIpc) is 2.29. The molecule has 2 heteroatoms. The summed E-state index contributed by atoms with van der Waals surface area (Å²) in [5.74, 6) is 0.556. The highest BCUT2D eigenvalue weighted by Crippen LogP contribution is 2.31. The molecule has 1 nitrogen and oxygen atoms in total. The molecule has 0 N–H and O–H groups in total. The van der Waals surface area contributed by atoms with Crippen molar-refractivity contribution in [2.45, 2.75) is 58.8 Å². The van der Waals surface area contributed by atoms with Crippen molar-refractivity contribution in [2.75, 3.05) is 6.54 Å². The van der Waals surface area contributed by atoms with Crippen LogP contribution in [0.25, 0.3) is 0 Å². The van der Waals surface area contributed by atoms with Crippen molar-refractivity contribution >= 4 is 0 Å². The van der Waals surface area contributed by atoms with E-state index in [4.69, 9.17) is 0 Å². The van der Waals surface area contributed by atoms with E-state index in [0.717, 1.165) is 6.42 Å². The highest BCUT2D eigenvalue weighted by molar-refractivity contribution is 4.93. The molecular weight excluding hydrogens is 165 g/mol. The van der Waals surface area contributed by atoms with E-state index in [2.05, 4.69) is 39.5 Å². The fourth-order valence-corrected chi connectivity index (χ4v) is 2.22. The lowest BCUT2D eigenvalue weighted by molar-refractivity contribution is 0.0926. The molecule has 0 aliphatic carbocycles. The predicted octanol–water partition coefficient (Wildman–Crippen LogP) is 2.85. The first kappa shape index (κ1) is 11.0. The zero-order valence-electron chi connectivity index (χ0n) is 9.47. The third-order valence-corrected chi connectivity index (χ3v) is 2.92. The molecule has 0 aromatic rings. The highest BCUT2D eigenvalue weighted by atomic mass is 19.1. The van der Waals surface area contributed by atoms with Crippen LogP contribution in [-0.2, 0) is 0 Å². The van der Waals surface area contributed by atoms with Gasteiger partial charge in [-0.25, -0.2) is 4.39 Å². The predicted molar refractivity (Wildman–Crippen MR) is 54.6 cm³/mol. The number of nitrogens with zero attached hydrogens (tertiary/aromatic N) is 1. The summed E-state index contributed by atoms with van der Waals surface area (Å²) < 4.78 is 13.3. The van der Waals surface area contributed by atoms with E-state index in [1.165, 1.54) is 0 Å². The Morgan fingerprint density at radius 1 is 1.31 bits per heavy atom. The molecule has 1 aliphatic rings. The number of likely N-dealkylation sites (tertiary alicyclic amines) is 1. The third-order valence-electron chi connectivity index (χ3n) is 2.92. The molecule has 0 spiro atoms. The lowest BCUT2D eigenvalue weighted by Crippen LogP contribution is -2.46. The van der Waals surface area contributed by atoms with Crippen LogP contribution in [0.3, 0.4) is 0 Å². The van der Waals surface area contributed by atoms with Crippen LogP contribution in [-0.4, -0.2) is 29.2 Å². The minimum absolute atomic E-state index is 0.107. The third kappa shape index (κ3) is 2.43. The van der Waals surface area contributed by atoms with Crippen molar-refractivity contribution in [1.29, 1.82) is 0 Å². The molecule has 1 saturated heterocycles. The van der Waals surface area contributed by atoms with Crippen molar-refractivity contribution < 1.29 is 4.39 Å². The van der Waals surface area contributed by atoms with Crippen LogP contribution < -0.4 is 0 Å². The fraction of sp³-hybridized carbons (Fsp3) is 1.00. The SMILES string of the molecule is CC(C)C1C[C@@H](F)CN1C(C)(C)C. The second-order valence-electron chi connectivity index (χ2n) is 5.47. The zero-order valence-corrected chi connectivity index (χ0v) is 9.47. The summed E-state index contributed by atoms with van der Waals surface area (Å²) in [5, 5.41) is 0. The first-order valence-corrected chi connectivity index (χ1v) is 5.23. The van der Waals surface area contributed by atoms with E-state index < -0.39 is 6.17 Å². The standard InChI is InChI=1S/C11H22FN/c1-8(2)10-6-9(12)7-13(10)11(3,4)5/h8-10H,6-7H2,1-5H3/t9-,10?/m1/s1. The average molecular weight is 187 g/mol. The van der Waals surface area contributed by atoms with Crippen LogP contribution >= 0.6 is 0 Å². The van der Waals surface area contributed by atoms with Crippen LogP contribution in [0.4, 0.5) is 4.39 Å². The Labute approximate surface area is 81.3 Å². The first-order chi connectivity index (χ1) is 5.82. The summed E-state index contributed by atoms with van der Waals surface area (Å²) in [6.07, 6.45) is 0.0983. The molecule has 0 amide bonds. The van der Waals surface area contributed by atoms with Crippen LogP contribution in [0, 0.1) is 5.92 Å². The van der Waals surface area contributed by atoms with Gasteiger partial charge in [0.25, 0.3) is 0 Å². The van der Waals surface area contributed by atoms with Crippen LogP contribution in [0.1, 0.15) is 41.0 Å². The summed E-state index contributed by atoms with van der Waals surface area (Å²) in [5.41, 5.74) is 0.107. The van der Waals surface area contributed by atoms with Crippen molar-refractivity contribution in [3.8, 4) is 0 Å². The largest absolute Gasteiger partial charge is 0.292 e. The second-order valence-corrected chi connectivity index (χ2v) is 5.47. The van der Waals surface area contributed by atoms with E-state index in [9.17, 15) is 4.39 Å². The van der Waals surface area contributed by atoms with Gasteiger partial charge in [-0.1, -0.05) is 13.8 Å². The Bertz CT molecular complexity index is 171. The second kappa shape index (κ2) is 3.56. The van der Waals surface area contributed by atoms with Crippen molar-refractivity contribution in [1.82, 2.24) is 4.90 Å². The smallest absolute Gasteiger partial charge is 0.114 e. The lowest BCUT2D eigenvalue weighted by Gasteiger charge is -2.38. The molecule has 0 radical (unpaired) electrons. The summed E-state index contributed by atoms with van der Waals surface area (Å²) >= 11 is 0. The van der Waals surface area contributed by atoms with Gasteiger partial charge in [-0.15, -0.1) is 0 Å². The van der Waals surface area contributed by atoms with E-state index >= 15 is 0 Å². The van der Waals surface area contributed by atoms with E-state index in [-0.39, 0.29) is 5.54 Å². The summed E-state index contributed by atoms with van der Waals surface area (Å²) in [7, 11) is 0. The monoisotopic (exact) mass is 187 g/mol. The molecule has 2 atom stereocenters. The summed E-state index contributed by atoms with van der Waals surface area (Å²) in [4.78, 5) is 2.31. The fourth-order valence-electron chi connectivity index (χ4n) is 2.22. The number of hydrogen-bond donors (Lipinski definition) is 0. The Morgan fingerprint density at radius 3 is 2.15 bits per heavy atom. The van der Waals surface area contributed by atoms with Crippen LogP contribution in [0.5, 0.6) is 0 Å². The summed E-state index contributed by atoms with van der Waals surface area (Å²) in [6.45, 7) is 11.5. The van der Waals surface area contributed by atoms with Gasteiger partial charge < -0.3 is 0 Å². The molecule has 78 valence electrons. The normalized spacial score (nSPS) is 31.6. The zero-order chi connectivity index (χ0) is 10.2. The first-order valence-electron chi connectivity index (χ1n) is 5.23. The number of halogens is 1. The Morgan fingerprint density at radius 2 is 1.85 bits per heavy atom. The Kier molecular flexibility index (Phi) is 3.01. The molecule has 1 unspecified atom stereocenters. The van der Waals surface area contributed by atoms with Gasteiger partial charge in [-0.05, 0) is 33.1 Å². The van der Waals surface area contributed by atoms with Crippen LogP contribution in [0.15, 0.2) is 0 Å². The maximum absolute atomic E-state index is 13.3. The molecule has 1 aliphatic heterocycles. The maximum Gasteiger partial charge on any atom is 0.114 e. The van der Waals surface area contributed by atoms with E-state index in [1.54, 1.807) is 0 Å². The van der Waals surface area contributed by atoms with Crippen molar-refractivity contribution in [3.05, 3.63) is 0 Å². The van der Waals surface area contributed by atoms with Gasteiger partial charge in [0.15, 0.2) is 0 Å². The van der Waals surface area contributed by atoms with Gasteiger partial charge in [0, 0.05) is 18.1 Å². The number of rotatable bonds is 1. The van der Waals surface area contributed by atoms with Gasteiger partial charge in [0.1, 0.15) is 6.17 Å². The van der Waals surface area contributed by atoms with Gasteiger partial charge in [0.2, 0.25) is 0 Å². The molecule has 1 fully saturated rings. The molecule has 13 heavy (non-hydrogen) atoms. The molecule has 0 aromatic heterocycles. The molecule has 1 heterocycles. The summed E-state index contributed by atoms with van der Waals surface area (Å²) in [6, 6.07) is 0.426. The van der Waals surface area contributed by atoms with E-state index in [0.29, 0.717) is 18.5 Å². The molecule has 0 bridgehead atoms. The Hall–Kier alpha value is -0.110. The topological polar surface area (TPSA) is 3.24 Å². The minimum atomic E-state index is -0.619. The lowest BCUT2D eigenvalue weighted by atomic mass is 9.97. The Balaban J connectivity index is 2.72. The molecular formula is C11H22FN. The number of hydrogen-bond acceptors (Lipinski definition) is 1. The minimum Gasteiger partial charge on any atom is -0.292 e. The van der Waals surface area contributed by atoms with E-state index in [1.807, 2.05) is 0 Å². The van der Waals surface area contributed by atoms with Gasteiger partial charge >= 0.3 is 0 Å². The molecule has 0 saturated carbocycles. The number of alkyl halides is 1. The molecule has 0 aromatic carbocycles. The van der Waals surface area contributed by atoms with Crippen molar-refractivity contribution in [3.63, 3.8) is 0 Å². The quantitative estimate of drug-likeness (QED) is 0.610. The maximum atomic E-state index is 13.3.